The van der Waals surface area contributed by atoms with E-state index in [-0.39, 0.29) is 5.91 Å². The van der Waals surface area contributed by atoms with Crippen LogP contribution < -0.4 is 4.74 Å². The number of rotatable bonds is 8. The van der Waals surface area contributed by atoms with Crippen LogP contribution in [0.3, 0.4) is 0 Å². The zero-order valence-corrected chi connectivity index (χ0v) is 17.1. The molecule has 0 N–H and O–H groups in total. The lowest BCUT2D eigenvalue weighted by Gasteiger charge is -2.25. The Labute approximate surface area is 166 Å². The van der Waals surface area contributed by atoms with E-state index in [0.717, 1.165) is 30.0 Å². The van der Waals surface area contributed by atoms with Gasteiger partial charge in [0.05, 0.1) is 13.7 Å². The molecule has 0 saturated heterocycles. The van der Waals surface area contributed by atoms with Crippen LogP contribution in [0.2, 0.25) is 0 Å². The lowest BCUT2D eigenvalue weighted by molar-refractivity contribution is 0.0716. The van der Waals surface area contributed by atoms with Crippen molar-refractivity contribution in [2.24, 2.45) is 5.92 Å². The minimum atomic E-state index is -0.0179. The Balaban J connectivity index is 1.95. The predicted molar refractivity (Wildman–Crippen MR) is 110 cm³/mol. The molecule has 0 atom stereocenters. The van der Waals surface area contributed by atoms with Gasteiger partial charge in [0.2, 0.25) is 0 Å². The second-order valence-electron chi connectivity index (χ2n) is 7.34. The number of methoxy groups -OCH3 is 1. The molecule has 6 nitrogen and oxygen atoms in total. The van der Waals surface area contributed by atoms with Crippen molar-refractivity contribution in [2.75, 3.05) is 13.7 Å². The molecule has 1 aromatic carbocycles. The fourth-order valence-corrected chi connectivity index (χ4v) is 3.35. The maximum atomic E-state index is 13.3. The van der Waals surface area contributed by atoms with Crippen LogP contribution in [-0.2, 0) is 13.1 Å². The molecule has 0 bridgehead atoms. The second-order valence-corrected chi connectivity index (χ2v) is 7.34. The number of aryl methyl sites for hydroxylation is 1. The molecule has 2 heterocycles. The zero-order chi connectivity index (χ0) is 20.1. The van der Waals surface area contributed by atoms with Gasteiger partial charge >= 0.3 is 0 Å². The lowest BCUT2D eigenvalue weighted by atomic mass is 10.1. The molecule has 0 saturated carbocycles. The van der Waals surface area contributed by atoms with Crippen LogP contribution in [0.25, 0.3) is 11.2 Å². The fourth-order valence-electron chi connectivity index (χ4n) is 3.35. The first-order valence-electron chi connectivity index (χ1n) is 9.77. The molecular formula is C22H28N4O2. The van der Waals surface area contributed by atoms with Crippen molar-refractivity contribution in [3.63, 3.8) is 0 Å². The maximum absolute atomic E-state index is 13.3. The third-order valence-corrected chi connectivity index (χ3v) is 4.55. The van der Waals surface area contributed by atoms with Crippen molar-refractivity contribution in [1.82, 2.24) is 19.4 Å². The largest absolute Gasteiger partial charge is 0.497 e. The average molecular weight is 380 g/mol. The summed E-state index contributed by atoms with van der Waals surface area (Å²) in [6.45, 7) is 8.28. The Bertz CT molecular complexity index is 949. The molecule has 148 valence electrons. The first kappa shape index (κ1) is 19.9. The van der Waals surface area contributed by atoms with Crippen molar-refractivity contribution in [3.8, 4) is 5.75 Å². The molecule has 1 amide bonds. The van der Waals surface area contributed by atoms with E-state index in [1.807, 2.05) is 35.2 Å². The molecule has 0 fully saturated rings. The molecule has 28 heavy (non-hydrogen) atoms. The summed E-state index contributed by atoms with van der Waals surface area (Å²) in [4.78, 5) is 24.4. The number of amides is 1. The number of pyridine rings is 1. The molecule has 2 aromatic heterocycles. The van der Waals surface area contributed by atoms with E-state index in [9.17, 15) is 4.79 Å². The van der Waals surface area contributed by atoms with E-state index < -0.39 is 0 Å². The van der Waals surface area contributed by atoms with Gasteiger partial charge in [-0.2, -0.15) is 0 Å². The molecular weight excluding hydrogens is 352 g/mol. The van der Waals surface area contributed by atoms with Crippen LogP contribution >= 0.6 is 0 Å². The molecule has 3 aromatic rings. The van der Waals surface area contributed by atoms with Crippen molar-refractivity contribution in [3.05, 3.63) is 54.0 Å². The highest BCUT2D eigenvalue weighted by atomic mass is 16.5. The van der Waals surface area contributed by atoms with Crippen molar-refractivity contribution < 1.29 is 9.53 Å². The summed E-state index contributed by atoms with van der Waals surface area (Å²) in [6.07, 6.45) is 2.76. The molecule has 0 radical (unpaired) electrons. The molecule has 0 aliphatic heterocycles. The van der Waals surface area contributed by atoms with Crippen LogP contribution in [0.5, 0.6) is 5.75 Å². The van der Waals surface area contributed by atoms with Gasteiger partial charge < -0.3 is 14.2 Å². The molecule has 3 rings (SSSR count). The van der Waals surface area contributed by atoms with Gasteiger partial charge in [-0.3, -0.25) is 4.79 Å². The van der Waals surface area contributed by atoms with Crippen molar-refractivity contribution in [2.45, 2.75) is 40.3 Å². The lowest BCUT2D eigenvalue weighted by Crippen LogP contribution is -2.34. The zero-order valence-electron chi connectivity index (χ0n) is 17.1. The minimum Gasteiger partial charge on any atom is -0.497 e. The van der Waals surface area contributed by atoms with Crippen molar-refractivity contribution >= 4 is 17.1 Å². The number of hydrogen-bond donors (Lipinski definition) is 0. The third-order valence-electron chi connectivity index (χ3n) is 4.55. The summed E-state index contributed by atoms with van der Waals surface area (Å²) in [7, 11) is 1.61. The van der Waals surface area contributed by atoms with E-state index in [4.69, 9.17) is 9.72 Å². The summed E-state index contributed by atoms with van der Waals surface area (Å²) in [6, 6.07) is 11.2. The Kier molecular flexibility index (Phi) is 6.29. The molecule has 0 aliphatic rings. The Morgan fingerprint density at radius 3 is 2.79 bits per heavy atom. The fraction of sp³-hybridized carbons (Fsp3) is 0.409. The molecule has 6 heteroatoms. The summed E-state index contributed by atoms with van der Waals surface area (Å²) < 4.78 is 7.41. The standard InChI is InChI=1S/C22H28N4O2/c1-5-12-26-20(24-19-10-7-11-23-21(19)26)15-25(14-16(2)3)22(27)17-8-6-9-18(13-17)28-4/h6-11,13,16H,5,12,14-15H2,1-4H3. The first-order valence-corrected chi connectivity index (χ1v) is 9.77. The number of benzene rings is 1. The number of carbonyl (C=O) groups is 1. The average Bonchev–Trinajstić information content (AvgIpc) is 3.04. The van der Waals surface area contributed by atoms with Gasteiger partial charge in [-0.1, -0.05) is 26.8 Å². The van der Waals surface area contributed by atoms with E-state index in [2.05, 4.69) is 30.3 Å². The van der Waals surface area contributed by atoms with E-state index in [0.29, 0.717) is 30.3 Å². The van der Waals surface area contributed by atoms with Gasteiger partial charge in [-0.05, 0) is 42.7 Å². The molecule has 0 spiro atoms. The van der Waals surface area contributed by atoms with E-state index in [1.54, 1.807) is 19.4 Å². The van der Waals surface area contributed by atoms with Gasteiger partial charge in [-0.25, -0.2) is 9.97 Å². The number of ether oxygens (including phenoxy) is 1. The Morgan fingerprint density at radius 2 is 2.07 bits per heavy atom. The minimum absolute atomic E-state index is 0.0179. The predicted octanol–water partition coefficient (Wildman–Crippen LogP) is 4.15. The van der Waals surface area contributed by atoms with Gasteiger partial charge in [0.15, 0.2) is 5.65 Å². The monoisotopic (exact) mass is 380 g/mol. The van der Waals surface area contributed by atoms with Gasteiger partial charge in [0.25, 0.3) is 5.91 Å². The van der Waals surface area contributed by atoms with Crippen LogP contribution in [0.1, 0.15) is 43.4 Å². The summed E-state index contributed by atoms with van der Waals surface area (Å²) in [5.41, 5.74) is 2.36. The highest BCUT2D eigenvalue weighted by Gasteiger charge is 2.21. The van der Waals surface area contributed by atoms with Crippen LogP contribution in [0.15, 0.2) is 42.6 Å². The quantitative estimate of drug-likeness (QED) is 0.589. The van der Waals surface area contributed by atoms with Gasteiger partial charge in [0.1, 0.15) is 17.1 Å². The Hall–Kier alpha value is -2.89. The number of imidazole rings is 1. The first-order chi connectivity index (χ1) is 13.5. The number of fused-ring (bicyclic) bond motifs is 1. The Morgan fingerprint density at radius 1 is 1.25 bits per heavy atom. The third kappa shape index (κ3) is 4.32. The molecule has 0 aliphatic carbocycles. The van der Waals surface area contributed by atoms with Crippen molar-refractivity contribution in [1.29, 1.82) is 0 Å². The number of hydrogen-bond acceptors (Lipinski definition) is 4. The highest BCUT2D eigenvalue weighted by Crippen LogP contribution is 2.19. The van der Waals surface area contributed by atoms with Crippen LogP contribution in [0, 0.1) is 5.92 Å². The summed E-state index contributed by atoms with van der Waals surface area (Å²) >= 11 is 0. The summed E-state index contributed by atoms with van der Waals surface area (Å²) in [5.74, 6) is 1.87. The normalized spacial score (nSPS) is 11.2. The number of carbonyl (C=O) groups excluding carboxylic acids is 1. The number of nitrogens with zero attached hydrogens (tertiary/aromatic N) is 4. The SMILES string of the molecule is CCCn1c(CN(CC(C)C)C(=O)c2cccc(OC)c2)nc2cccnc21. The maximum Gasteiger partial charge on any atom is 0.254 e. The topological polar surface area (TPSA) is 60.2 Å². The smallest absolute Gasteiger partial charge is 0.254 e. The van der Waals surface area contributed by atoms with Crippen LogP contribution in [-0.4, -0.2) is 39.0 Å². The number of aromatic nitrogens is 3. The van der Waals surface area contributed by atoms with Crippen LogP contribution in [0.4, 0.5) is 0 Å². The van der Waals surface area contributed by atoms with Gasteiger partial charge in [-0.15, -0.1) is 0 Å². The molecule has 0 unspecified atom stereocenters. The van der Waals surface area contributed by atoms with E-state index >= 15 is 0 Å². The highest BCUT2D eigenvalue weighted by molar-refractivity contribution is 5.94. The summed E-state index contributed by atoms with van der Waals surface area (Å²) in [5, 5.41) is 0. The van der Waals surface area contributed by atoms with E-state index in [1.165, 1.54) is 0 Å². The van der Waals surface area contributed by atoms with Gasteiger partial charge in [0, 0.05) is 24.8 Å². The second kappa shape index (κ2) is 8.87.